The zero-order chi connectivity index (χ0) is 28.7. The third kappa shape index (κ3) is 7.06. The van der Waals surface area contributed by atoms with Crippen molar-refractivity contribution in [3.05, 3.63) is 94.5 Å². The summed E-state index contributed by atoms with van der Waals surface area (Å²) in [5.41, 5.74) is 4.85. The minimum absolute atomic E-state index is 0.100. The maximum absolute atomic E-state index is 14.1. The number of sulfonamides is 1. The molecular formula is C31H39N3O4S. The maximum atomic E-state index is 14.1. The van der Waals surface area contributed by atoms with Gasteiger partial charge >= 0.3 is 0 Å². The van der Waals surface area contributed by atoms with Crippen molar-refractivity contribution >= 4 is 27.5 Å². The van der Waals surface area contributed by atoms with Crippen molar-refractivity contribution in [2.75, 3.05) is 17.4 Å². The Morgan fingerprint density at radius 1 is 0.846 bits per heavy atom. The average molecular weight is 550 g/mol. The lowest BCUT2D eigenvalue weighted by Gasteiger charge is -2.34. The molecule has 1 atom stereocenters. The summed E-state index contributed by atoms with van der Waals surface area (Å²) in [6, 6.07) is 19.1. The van der Waals surface area contributed by atoms with E-state index in [0.717, 1.165) is 27.8 Å². The number of amides is 2. The highest BCUT2D eigenvalue weighted by Crippen LogP contribution is 2.29. The van der Waals surface area contributed by atoms with Crippen LogP contribution in [-0.2, 0) is 26.2 Å². The molecule has 0 saturated heterocycles. The van der Waals surface area contributed by atoms with Gasteiger partial charge in [-0.1, -0.05) is 61.0 Å². The van der Waals surface area contributed by atoms with Gasteiger partial charge in [0, 0.05) is 13.1 Å². The average Bonchev–Trinajstić information content (AvgIpc) is 2.90. The van der Waals surface area contributed by atoms with E-state index in [0.29, 0.717) is 18.7 Å². The Bertz CT molecular complexity index is 1420. The molecule has 0 spiro atoms. The van der Waals surface area contributed by atoms with Crippen LogP contribution in [0.2, 0.25) is 0 Å². The SMILES string of the molecule is CCNC(=O)[C@@H](CC)N(Cc1ccccc1C)C(=O)CN(c1cc(C)ccc1C)S(=O)(=O)c1ccc(C)cc1. The van der Waals surface area contributed by atoms with Crippen molar-refractivity contribution in [2.24, 2.45) is 0 Å². The Labute approximate surface area is 232 Å². The Balaban J connectivity index is 2.12. The Morgan fingerprint density at radius 3 is 2.10 bits per heavy atom. The van der Waals surface area contributed by atoms with Crippen molar-refractivity contribution < 1.29 is 18.0 Å². The first-order chi connectivity index (χ1) is 18.5. The molecule has 8 heteroatoms. The summed E-state index contributed by atoms with van der Waals surface area (Å²) in [4.78, 5) is 28.8. The summed E-state index contributed by atoms with van der Waals surface area (Å²) in [5, 5.41) is 2.83. The molecule has 0 aromatic heterocycles. The molecule has 0 aliphatic carbocycles. The number of anilines is 1. The summed E-state index contributed by atoms with van der Waals surface area (Å²) in [5.74, 6) is -0.713. The minimum Gasteiger partial charge on any atom is -0.355 e. The van der Waals surface area contributed by atoms with Crippen molar-refractivity contribution in [3.8, 4) is 0 Å². The van der Waals surface area contributed by atoms with Crippen LogP contribution in [0.15, 0.2) is 71.6 Å². The van der Waals surface area contributed by atoms with Gasteiger partial charge in [-0.25, -0.2) is 8.42 Å². The van der Waals surface area contributed by atoms with Gasteiger partial charge in [-0.05, 0) is 81.5 Å². The Kier molecular flexibility index (Phi) is 9.92. The highest BCUT2D eigenvalue weighted by molar-refractivity contribution is 7.92. The molecule has 208 valence electrons. The molecule has 3 aromatic carbocycles. The molecule has 3 rings (SSSR count). The molecule has 1 N–H and O–H groups in total. The highest BCUT2D eigenvalue weighted by atomic mass is 32.2. The summed E-state index contributed by atoms with van der Waals surface area (Å²) >= 11 is 0. The number of nitrogens with one attached hydrogen (secondary N) is 1. The molecule has 0 fully saturated rings. The van der Waals surface area contributed by atoms with Crippen molar-refractivity contribution in [1.82, 2.24) is 10.2 Å². The van der Waals surface area contributed by atoms with E-state index in [9.17, 15) is 18.0 Å². The van der Waals surface area contributed by atoms with Gasteiger partial charge < -0.3 is 10.2 Å². The fraction of sp³-hybridized carbons (Fsp3) is 0.355. The standard InChI is InChI=1S/C31H39N3O4S/c1-7-28(31(36)32-8-2)33(20-26-12-10-9-11-24(26)5)30(35)21-34(29-19-23(4)13-16-25(29)6)39(37,38)27-17-14-22(3)15-18-27/h9-19,28H,7-8,20-21H2,1-6H3,(H,32,36)/t28-/m1/s1. The molecule has 0 aliphatic heterocycles. The first-order valence-corrected chi connectivity index (χ1v) is 14.7. The van der Waals surface area contributed by atoms with Crippen LogP contribution < -0.4 is 9.62 Å². The number of aryl methyl sites for hydroxylation is 4. The highest BCUT2D eigenvalue weighted by Gasteiger charge is 2.34. The number of likely N-dealkylation sites (N-methyl/N-ethyl adjacent to an activating group) is 1. The number of carbonyl (C=O) groups is 2. The summed E-state index contributed by atoms with van der Waals surface area (Å²) in [6.07, 6.45) is 0.387. The van der Waals surface area contributed by atoms with Gasteiger partial charge in [0.25, 0.3) is 10.0 Å². The molecule has 3 aromatic rings. The normalized spacial score (nSPS) is 12.1. The fourth-order valence-corrected chi connectivity index (χ4v) is 5.99. The van der Waals surface area contributed by atoms with E-state index in [1.54, 1.807) is 30.3 Å². The van der Waals surface area contributed by atoms with Crippen LogP contribution in [-0.4, -0.2) is 44.3 Å². The van der Waals surface area contributed by atoms with Gasteiger partial charge in [0.2, 0.25) is 11.8 Å². The number of nitrogens with zero attached hydrogens (tertiary/aromatic N) is 2. The number of hydrogen-bond acceptors (Lipinski definition) is 4. The largest absolute Gasteiger partial charge is 0.355 e. The summed E-state index contributed by atoms with van der Waals surface area (Å²) < 4.78 is 29.2. The van der Waals surface area contributed by atoms with Gasteiger partial charge in [0.05, 0.1) is 10.6 Å². The van der Waals surface area contributed by atoms with E-state index in [1.165, 1.54) is 9.21 Å². The van der Waals surface area contributed by atoms with E-state index < -0.39 is 28.5 Å². The molecule has 7 nitrogen and oxygen atoms in total. The van der Waals surface area contributed by atoms with Gasteiger partial charge in [0.1, 0.15) is 12.6 Å². The lowest BCUT2D eigenvalue weighted by Crippen LogP contribution is -2.52. The second-order valence-electron chi connectivity index (χ2n) is 9.88. The van der Waals surface area contributed by atoms with Crippen LogP contribution in [0, 0.1) is 27.7 Å². The van der Waals surface area contributed by atoms with Gasteiger partial charge in [-0.2, -0.15) is 0 Å². The van der Waals surface area contributed by atoms with Gasteiger partial charge in [0.15, 0.2) is 0 Å². The zero-order valence-electron chi connectivity index (χ0n) is 23.7. The molecule has 0 radical (unpaired) electrons. The van der Waals surface area contributed by atoms with Crippen LogP contribution in [0.5, 0.6) is 0 Å². The van der Waals surface area contributed by atoms with Crippen LogP contribution in [0.25, 0.3) is 0 Å². The Hall–Kier alpha value is -3.65. The van der Waals surface area contributed by atoms with Gasteiger partial charge in [-0.15, -0.1) is 0 Å². The first kappa shape index (κ1) is 29.9. The fourth-order valence-electron chi connectivity index (χ4n) is 4.52. The summed E-state index contributed by atoms with van der Waals surface area (Å²) in [6.45, 7) is 11.4. The van der Waals surface area contributed by atoms with E-state index in [-0.39, 0.29) is 17.3 Å². The topological polar surface area (TPSA) is 86.8 Å². The number of hydrogen-bond donors (Lipinski definition) is 1. The van der Waals surface area contributed by atoms with Crippen LogP contribution in [0.4, 0.5) is 5.69 Å². The van der Waals surface area contributed by atoms with E-state index in [2.05, 4.69) is 5.32 Å². The molecule has 39 heavy (non-hydrogen) atoms. The second kappa shape index (κ2) is 12.9. The maximum Gasteiger partial charge on any atom is 0.264 e. The molecule has 2 amide bonds. The van der Waals surface area contributed by atoms with Crippen LogP contribution in [0.1, 0.15) is 48.1 Å². The third-order valence-corrected chi connectivity index (χ3v) is 8.63. The van der Waals surface area contributed by atoms with Crippen molar-refractivity contribution in [3.63, 3.8) is 0 Å². The van der Waals surface area contributed by atoms with Crippen LogP contribution in [0.3, 0.4) is 0 Å². The molecule has 0 aliphatic rings. The van der Waals surface area contributed by atoms with E-state index in [1.807, 2.05) is 77.9 Å². The smallest absolute Gasteiger partial charge is 0.264 e. The molecule has 0 saturated carbocycles. The molecule has 0 unspecified atom stereocenters. The van der Waals surface area contributed by atoms with Crippen molar-refractivity contribution in [1.29, 1.82) is 0 Å². The quantitative estimate of drug-likeness (QED) is 0.362. The molecule has 0 heterocycles. The van der Waals surface area contributed by atoms with E-state index >= 15 is 0 Å². The lowest BCUT2D eigenvalue weighted by atomic mass is 10.1. The second-order valence-corrected chi connectivity index (χ2v) is 11.7. The Morgan fingerprint density at radius 2 is 1.49 bits per heavy atom. The summed E-state index contributed by atoms with van der Waals surface area (Å²) in [7, 11) is -4.10. The number of benzene rings is 3. The number of rotatable bonds is 11. The number of carbonyl (C=O) groups excluding carboxylic acids is 2. The molecule has 0 bridgehead atoms. The lowest BCUT2D eigenvalue weighted by molar-refractivity contribution is -0.140. The van der Waals surface area contributed by atoms with Crippen LogP contribution >= 0.6 is 0 Å². The van der Waals surface area contributed by atoms with E-state index in [4.69, 9.17) is 0 Å². The zero-order valence-corrected chi connectivity index (χ0v) is 24.5. The predicted molar refractivity (Wildman–Crippen MR) is 156 cm³/mol. The minimum atomic E-state index is -4.10. The van der Waals surface area contributed by atoms with Gasteiger partial charge in [-0.3, -0.25) is 13.9 Å². The van der Waals surface area contributed by atoms with Crippen molar-refractivity contribution in [2.45, 2.75) is 65.4 Å². The third-order valence-electron chi connectivity index (χ3n) is 6.86. The first-order valence-electron chi connectivity index (χ1n) is 13.3. The monoisotopic (exact) mass is 549 g/mol. The predicted octanol–water partition coefficient (Wildman–Crippen LogP) is 5.06. The molecular weight excluding hydrogens is 510 g/mol.